The van der Waals surface area contributed by atoms with Crippen molar-refractivity contribution in [3.8, 4) is 11.5 Å². The summed E-state index contributed by atoms with van der Waals surface area (Å²) < 4.78 is 15.5. The van der Waals surface area contributed by atoms with Gasteiger partial charge in [0.1, 0.15) is 17.2 Å². The Morgan fingerprint density at radius 1 is 1.22 bits per heavy atom. The highest BCUT2D eigenvalue weighted by atomic mass is 16.5. The summed E-state index contributed by atoms with van der Waals surface area (Å²) in [6.45, 7) is 2.90. The maximum absolute atomic E-state index is 11.7. The SMILES string of the molecule is CCOCCC(=O)Nc1c(OC)cccc1OC. The zero-order valence-corrected chi connectivity index (χ0v) is 11.0. The highest BCUT2D eigenvalue weighted by Gasteiger charge is 2.12. The van der Waals surface area contributed by atoms with E-state index in [2.05, 4.69) is 5.32 Å². The first-order valence-corrected chi connectivity index (χ1v) is 5.81. The molecule has 0 atom stereocenters. The van der Waals surface area contributed by atoms with Crippen LogP contribution in [0.3, 0.4) is 0 Å². The van der Waals surface area contributed by atoms with Crippen LogP contribution in [0.4, 0.5) is 5.69 Å². The molecule has 1 amide bonds. The second-order valence-corrected chi connectivity index (χ2v) is 3.53. The van der Waals surface area contributed by atoms with E-state index in [9.17, 15) is 4.79 Å². The second kappa shape index (κ2) is 7.55. The lowest BCUT2D eigenvalue weighted by atomic mass is 10.2. The Hall–Kier alpha value is -1.75. The first-order chi connectivity index (χ1) is 8.72. The number of ether oxygens (including phenoxy) is 3. The summed E-state index contributed by atoms with van der Waals surface area (Å²) >= 11 is 0. The summed E-state index contributed by atoms with van der Waals surface area (Å²) in [6, 6.07) is 5.33. The maximum atomic E-state index is 11.7. The number of amides is 1. The van der Waals surface area contributed by atoms with Crippen molar-refractivity contribution < 1.29 is 19.0 Å². The van der Waals surface area contributed by atoms with Crippen LogP contribution in [0.1, 0.15) is 13.3 Å². The van der Waals surface area contributed by atoms with E-state index in [1.54, 1.807) is 32.4 Å². The van der Waals surface area contributed by atoms with E-state index in [0.717, 1.165) is 0 Å². The summed E-state index contributed by atoms with van der Waals surface area (Å²) in [5.74, 6) is 1.00. The molecule has 0 aliphatic rings. The molecule has 1 N–H and O–H groups in total. The van der Waals surface area contributed by atoms with E-state index in [4.69, 9.17) is 14.2 Å². The minimum Gasteiger partial charge on any atom is -0.494 e. The lowest BCUT2D eigenvalue weighted by molar-refractivity contribution is -0.117. The third kappa shape index (κ3) is 3.92. The van der Waals surface area contributed by atoms with Crippen LogP contribution in [-0.4, -0.2) is 33.3 Å². The molecule has 0 unspecified atom stereocenters. The number of carbonyl (C=O) groups is 1. The molecule has 0 bridgehead atoms. The van der Waals surface area contributed by atoms with E-state index < -0.39 is 0 Å². The third-order valence-electron chi connectivity index (χ3n) is 2.37. The molecular weight excluding hydrogens is 234 g/mol. The highest BCUT2D eigenvalue weighted by Crippen LogP contribution is 2.34. The Kier molecular flexibility index (Phi) is 6.00. The minimum atomic E-state index is -0.133. The fourth-order valence-electron chi connectivity index (χ4n) is 1.49. The average molecular weight is 253 g/mol. The van der Waals surface area contributed by atoms with E-state index in [1.165, 1.54) is 0 Å². The molecule has 1 aromatic rings. The van der Waals surface area contributed by atoms with Crippen molar-refractivity contribution in [1.29, 1.82) is 0 Å². The zero-order chi connectivity index (χ0) is 13.4. The van der Waals surface area contributed by atoms with E-state index >= 15 is 0 Å². The number of nitrogens with one attached hydrogen (secondary N) is 1. The van der Waals surface area contributed by atoms with Crippen molar-refractivity contribution in [1.82, 2.24) is 0 Å². The fraction of sp³-hybridized carbons (Fsp3) is 0.462. The van der Waals surface area contributed by atoms with Gasteiger partial charge in [0.2, 0.25) is 5.91 Å². The first-order valence-electron chi connectivity index (χ1n) is 5.81. The number of anilines is 1. The number of rotatable bonds is 7. The molecule has 5 nitrogen and oxygen atoms in total. The summed E-state index contributed by atoms with van der Waals surface area (Å²) in [5, 5.41) is 2.77. The van der Waals surface area contributed by atoms with Crippen molar-refractivity contribution in [2.75, 3.05) is 32.8 Å². The van der Waals surface area contributed by atoms with Gasteiger partial charge in [-0.2, -0.15) is 0 Å². The minimum absolute atomic E-state index is 0.133. The molecule has 0 aliphatic carbocycles. The van der Waals surface area contributed by atoms with Gasteiger partial charge < -0.3 is 19.5 Å². The fourth-order valence-corrected chi connectivity index (χ4v) is 1.49. The number of hydrogen-bond donors (Lipinski definition) is 1. The van der Waals surface area contributed by atoms with Gasteiger partial charge in [-0.15, -0.1) is 0 Å². The van der Waals surface area contributed by atoms with Crippen molar-refractivity contribution in [2.24, 2.45) is 0 Å². The van der Waals surface area contributed by atoms with Gasteiger partial charge in [-0.25, -0.2) is 0 Å². The normalized spacial score (nSPS) is 9.94. The first kappa shape index (κ1) is 14.3. The van der Waals surface area contributed by atoms with Gasteiger partial charge in [0.15, 0.2) is 0 Å². The number of methoxy groups -OCH3 is 2. The van der Waals surface area contributed by atoms with Crippen LogP contribution >= 0.6 is 0 Å². The molecule has 0 spiro atoms. The quantitative estimate of drug-likeness (QED) is 0.756. The van der Waals surface area contributed by atoms with Gasteiger partial charge in [-0.3, -0.25) is 4.79 Å². The predicted molar refractivity (Wildman–Crippen MR) is 69.3 cm³/mol. The van der Waals surface area contributed by atoms with Crippen LogP contribution in [0.15, 0.2) is 18.2 Å². The lowest BCUT2D eigenvalue weighted by Gasteiger charge is -2.13. The van der Waals surface area contributed by atoms with Crippen molar-refractivity contribution in [3.63, 3.8) is 0 Å². The molecular formula is C13H19NO4. The third-order valence-corrected chi connectivity index (χ3v) is 2.37. The van der Waals surface area contributed by atoms with Crippen LogP contribution in [-0.2, 0) is 9.53 Å². The van der Waals surface area contributed by atoms with Crippen LogP contribution < -0.4 is 14.8 Å². The molecule has 0 saturated carbocycles. The molecule has 1 rings (SSSR count). The van der Waals surface area contributed by atoms with Gasteiger partial charge in [0.05, 0.1) is 27.2 Å². The molecule has 0 heterocycles. The molecule has 0 saturated heterocycles. The second-order valence-electron chi connectivity index (χ2n) is 3.53. The molecule has 0 fully saturated rings. The van der Waals surface area contributed by atoms with Crippen molar-refractivity contribution >= 4 is 11.6 Å². The Labute approximate surface area is 107 Å². The van der Waals surface area contributed by atoms with E-state index in [1.807, 2.05) is 6.92 Å². The van der Waals surface area contributed by atoms with Gasteiger partial charge >= 0.3 is 0 Å². The van der Waals surface area contributed by atoms with Crippen molar-refractivity contribution in [3.05, 3.63) is 18.2 Å². The molecule has 5 heteroatoms. The molecule has 18 heavy (non-hydrogen) atoms. The Bertz CT molecular complexity index is 370. The number of benzene rings is 1. The monoisotopic (exact) mass is 253 g/mol. The van der Waals surface area contributed by atoms with Crippen LogP contribution in [0.2, 0.25) is 0 Å². The highest BCUT2D eigenvalue weighted by molar-refractivity contribution is 5.94. The summed E-state index contributed by atoms with van der Waals surface area (Å²) in [7, 11) is 3.09. The number of para-hydroxylation sites is 1. The van der Waals surface area contributed by atoms with Crippen LogP contribution in [0, 0.1) is 0 Å². The summed E-state index contributed by atoms with van der Waals surface area (Å²) in [5.41, 5.74) is 0.545. The number of hydrogen-bond acceptors (Lipinski definition) is 4. The van der Waals surface area contributed by atoms with E-state index in [-0.39, 0.29) is 5.91 Å². The summed E-state index contributed by atoms with van der Waals surface area (Å²) in [4.78, 5) is 11.7. The van der Waals surface area contributed by atoms with Crippen LogP contribution in [0.5, 0.6) is 11.5 Å². The molecule has 100 valence electrons. The largest absolute Gasteiger partial charge is 0.494 e. The molecule has 0 radical (unpaired) electrons. The van der Waals surface area contributed by atoms with Gasteiger partial charge in [-0.05, 0) is 19.1 Å². The van der Waals surface area contributed by atoms with Crippen molar-refractivity contribution in [2.45, 2.75) is 13.3 Å². The maximum Gasteiger partial charge on any atom is 0.226 e. The smallest absolute Gasteiger partial charge is 0.226 e. The standard InChI is InChI=1S/C13H19NO4/c1-4-18-9-8-12(15)14-13-10(16-2)6-5-7-11(13)17-3/h5-7H,4,8-9H2,1-3H3,(H,14,15). The number of carbonyl (C=O) groups excluding carboxylic acids is 1. The summed E-state index contributed by atoms with van der Waals surface area (Å²) in [6.07, 6.45) is 0.301. The molecule has 0 aromatic heterocycles. The average Bonchev–Trinajstić information content (AvgIpc) is 2.39. The Morgan fingerprint density at radius 2 is 1.83 bits per heavy atom. The van der Waals surface area contributed by atoms with E-state index in [0.29, 0.717) is 36.8 Å². The Morgan fingerprint density at radius 3 is 2.33 bits per heavy atom. The topological polar surface area (TPSA) is 56.8 Å². The van der Waals surface area contributed by atoms with Crippen LogP contribution in [0.25, 0.3) is 0 Å². The molecule has 1 aromatic carbocycles. The predicted octanol–water partition coefficient (Wildman–Crippen LogP) is 2.07. The van der Waals surface area contributed by atoms with Gasteiger partial charge in [0.25, 0.3) is 0 Å². The van der Waals surface area contributed by atoms with Gasteiger partial charge in [0, 0.05) is 6.61 Å². The Balaban J connectivity index is 2.72. The zero-order valence-electron chi connectivity index (χ0n) is 11.0. The van der Waals surface area contributed by atoms with Gasteiger partial charge in [-0.1, -0.05) is 6.07 Å². The molecule has 0 aliphatic heterocycles. The lowest BCUT2D eigenvalue weighted by Crippen LogP contribution is -2.15.